The summed E-state index contributed by atoms with van der Waals surface area (Å²) in [7, 11) is -0.788. The Morgan fingerprint density at radius 1 is 1.52 bits per heavy atom. The summed E-state index contributed by atoms with van der Waals surface area (Å²) in [5.74, 6) is 0. The molecule has 0 aromatic carbocycles. The third-order valence-corrected chi connectivity index (χ3v) is 4.86. The van der Waals surface area contributed by atoms with Crippen molar-refractivity contribution in [3.05, 3.63) is 34.1 Å². The fourth-order valence-electron chi connectivity index (χ4n) is 3.03. The third kappa shape index (κ3) is 3.14. The fourth-order valence-corrected chi connectivity index (χ4v) is 3.88. The van der Waals surface area contributed by atoms with Gasteiger partial charge in [0.15, 0.2) is 0 Å². The van der Waals surface area contributed by atoms with Crippen LogP contribution >= 0.6 is 0 Å². The molecule has 1 saturated carbocycles. The van der Waals surface area contributed by atoms with Crippen LogP contribution in [0.1, 0.15) is 37.4 Å². The Morgan fingerprint density at radius 3 is 2.90 bits per heavy atom. The van der Waals surface area contributed by atoms with E-state index in [1.807, 2.05) is 0 Å². The topological polar surface area (TPSA) is 74.5 Å². The summed E-state index contributed by atoms with van der Waals surface area (Å²) in [6.45, 7) is 4.23. The highest BCUT2D eigenvalue weighted by molar-refractivity contribution is 6.48. The van der Waals surface area contributed by atoms with Crippen LogP contribution in [0, 0.1) is 10.1 Å². The summed E-state index contributed by atoms with van der Waals surface area (Å²) in [6.07, 6.45) is 6.41. The van der Waals surface area contributed by atoms with Gasteiger partial charge in [0.05, 0.1) is 35.3 Å². The molecule has 1 saturated heterocycles. The molecule has 2 aliphatic rings. The van der Waals surface area contributed by atoms with E-state index in [4.69, 9.17) is 9.16 Å². The standard InChI is InChI=1S/C14H19N2O4Si/c1-21(2)20-10-7-13(19-14(8-10)4-5-14)11-3-6-15-9-12(11)16(17)18/h3,6,9-10,13H,4-5,7-8H2,1-2H3/q+1/t10-,13-/m1/s1. The van der Waals surface area contributed by atoms with Gasteiger partial charge in [0.1, 0.15) is 12.3 Å². The SMILES string of the molecule is C[Si+](C)O[C@@H]1C[C@H](c2ccncc2[N+](=O)[O-])OC2(CC2)C1. The number of pyridine rings is 1. The van der Waals surface area contributed by atoms with Crippen LogP contribution in [-0.4, -0.2) is 30.7 Å². The summed E-state index contributed by atoms with van der Waals surface area (Å²) in [6, 6.07) is 1.70. The first-order valence-electron chi connectivity index (χ1n) is 7.22. The molecule has 0 amide bonds. The Bertz CT molecular complexity index is 548. The van der Waals surface area contributed by atoms with E-state index in [2.05, 4.69) is 18.1 Å². The molecule has 1 aliphatic heterocycles. The smallest absolute Gasteiger partial charge is 0.367 e. The third-order valence-electron chi connectivity index (χ3n) is 4.06. The molecule has 0 unspecified atom stereocenters. The van der Waals surface area contributed by atoms with E-state index in [0.717, 1.165) is 19.3 Å². The fraction of sp³-hybridized carbons (Fsp3) is 0.643. The van der Waals surface area contributed by atoms with Gasteiger partial charge in [-0.05, 0) is 18.9 Å². The first-order chi connectivity index (χ1) is 9.99. The molecule has 1 aliphatic carbocycles. The lowest BCUT2D eigenvalue weighted by Crippen LogP contribution is -2.36. The maximum atomic E-state index is 11.2. The Hall–Kier alpha value is -1.31. The predicted octanol–water partition coefficient (Wildman–Crippen LogP) is 3.01. The number of rotatable bonds is 4. The van der Waals surface area contributed by atoms with Gasteiger partial charge in [-0.2, -0.15) is 0 Å². The molecule has 2 atom stereocenters. The first-order valence-corrected chi connectivity index (χ1v) is 9.63. The second kappa shape index (κ2) is 5.47. The quantitative estimate of drug-likeness (QED) is 0.485. The lowest BCUT2D eigenvalue weighted by Gasteiger charge is -2.34. The van der Waals surface area contributed by atoms with Crippen molar-refractivity contribution in [2.45, 2.75) is 56.6 Å². The summed E-state index contributed by atoms with van der Waals surface area (Å²) < 4.78 is 12.2. The number of aromatic nitrogens is 1. The molecule has 0 N–H and O–H groups in total. The van der Waals surface area contributed by atoms with E-state index < -0.39 is 9.04 Å². The normalized spacial score (nSPS) is 26.6. The molecule has 0 radical (unpaired) electrons. The Kier molecular flexibility index (Phi) is 3.81. The number of ether oxygens (including phenoxy) is 1. The van der Waals surface area contributed by atoms with Crippen LogP contribution in [0.2, 0.25) is 13.1 Å². The Balaban J connectivity index is 1.85. The average molecular weight is 307 g/mol. The second-order valence-electron chi connectivity index (χ2n) is 6.07. The van der Waals surface area contributed by atoms with Crippen molar-refractivity contribution in [2.75, 3.05) is 0 Å². The zero-order valence-corrected chi connectivity index (χ0v) is 13.2. The van der Waals surface area contributed by atoms with Crippen LogP contribution in [-0.2, 0) is 9.16 Å². The van der Waals surface area contributed by atoms with Crippen LogP contribution in [0.4, 0.5) is 5.69 Å². The highest BCUT2D eigenvalue weighted by Gasteiger charge is 2.53. The molecule has 21 heavy (non-hydrogen) atoms. The molecular weight excluding hydrogens is 288 g/mol. The highest BCUT2D eigenvalue weighted by atomic mass is 28.3. The monoisotopic (exact) mass is 307 g/mol. The minimum Gasteiger partial charge on any atom is -0.367 e. The molecule has 2 fully saturated rings. The maximum Gasteiger partial charge on any atom is 0.467 e. The van der Waals surface area contributed by atoms with Crippen LogP contribution in [0.5, 0.6) is 0 Å². The van der Waals surface area contributed by atoms with E-state index in [9.17, 15) is 10.1 Å². The van der Waals surface area contributed by atoms with Crippen molar-refractivity contribution in [3.8, 4) is 0 Å². The van der Waals surface area contributed by atoms with Crippen molar-refractivity contribution < 1.29 is 14.1 Å². The molecule has 112 valence electrons. The van der Waals surface area contributed by atoms with Gasteiger partial charge >= 0.3 is 9.04 Å². The molecule has 7 heteroatoms. The Labute approximate surface area is 125 Å². The lowest BCUT2D eigenvalue weighted by atomic mass is 9.95. The predicted molar refractivity (Wildman–Crippen MR) is 78.3 cm³/mol. The van der Waals surface area contributed by atoms with Crippen molar-refractivity contribution in [1.82, 2.24) is 4.98 Å². The van der Waals surface area contributed by atoms with Crippen molar-refractivity contribution in [1.29, 1.82) is 0 Å². The van der Waals surface area contributed by atoms with Crippen LogP contribution in [0.25, 0.3) is 0 Å². The molecule has 1 aromatic heterocycles. The van der Waals surface area contributed by atoms with Gasteiger partial charge < -0.3 is 4.74 Å². The van der Waals surface area contributed by atoms with Crippen LogP contribution in [0.15, 0.2) is 18.5 Å². The lowest BCUT2D eigenvalue weighted by molar-refractivity contribution is -0.386. The van der Waals surface area contributed by atoms with Crippen molar-refractivity contribution in [2.24, 2.45) is 0 Å². The van der Waals surface area contributed by atoms with Gasteiger partial charge in [-0.3, -0.25) is 15.1 Å². The van der Waals surface area contributed by atoms with Gasteiger partial charge in [-0.1, -0.05) is 0 Å². The minimum atomic E-state index is -0.788. The highest BCUT2D eigenvalue weighted by Crippen LogP contribution is 2.53. The molecule has 6 nitrogen and oxygen atoms in total. The van der Waals surface area contributed by atoms with Gasteiger partial charge in [0.2, 0.25) is 0 Å². The number of hydrogen-bond acceptors (Lipinski definition) is 5. The number of hydrogen-bond donors (Lipinski definition) is 0. The molecular formula is C14H19N2O4Si+. The van der Waals surface area contributed by atoms with Gasteiger partial charge in [-0.25, -0.2) is 4.43 Å². The summed E-state index contributed by atoms with van der Waals surface area (Å²) in [5, 5.41) is 11.2. The van der Waals surface area contributed by atoms with Gasteiger partial charge in [0.25, 0.3) is 5.69 Å². The van der Waals surface area contributed by atoms with E-state index in [-0.39, 0.29) is 28.4 Å². The molecule has 2 heterocycles. The second-order valence-corrected chi connectivity index (χ2v) is 8.12. The zero-order chi connectivity index (χ0) is 15.0. The maximum absolute atomic E-state index is 11.2. The molecule has 1 spiro atoms. The molecule has 0 bridgehead atoms. The van der Waals surface area contributed by atoms with Crippen LogP contribution in [0.3, 0.4) is 0 Å². The number of nitro groups is 1. The number of nitrogens with zero attached hydrogens (tertiary/aromatic N) is 2. The van der Waals surface area contributed by atoms with E-state index in [0.29, 0.717) is 12.0 Å². The molecule has 3 rings (SSSR count). The van der Waals surface area contributed by atoms with E-state index >= 15 is 0 Å². The average Bonchev–Trinajstić information content (AvgIpc) is 3.16. The first kappa shape index (κ1) is 14.6. The molecule has 1 aromatic rings. The van der Waals surface area contributed by atoms with Crippen molar-refractivity contribution >= 4 is 14.7 Å². The Morgan fingerprint density at radius 2 is 2.29 bits per heavy atom. The van der Waals surface area contributed by atoms with Gasteiger partial charge in [0, 0.05) is 19.0 Å². The summed E-state index contributed by atoms with van der Waals surface area (Å²) in [5.41, 5.74) is 0.551. The van der Waals surface area contributed by atoms with E-state index in [1.54, 1.807) is 12.3 Å². The largest absolute Gasteiger partial charge is 0.467 e. The summed E-state index contributed by atoms with van der Waals surface area (Å²) in [4.78, 5) is 14.7. The van der Waals surface area contributed by atoms with Crippen molar-refractivity contribution in [3.63, 3.8) is 0 Å². The summed E-state index contributed by atoms with van der Waals surface area (Å²) >= 11 is 0. The zero-order valence-electron chi connectivity index (χ0n) is 12.2. The van der Waals surface area contributed by atoms with Crippen LogP contribution < -0.4 is 0 Å². The van der Waals surface area contributed by atoms with Gasteiger partial charge in [-0.15, -0.1) is 0 Å². The minimum absolute atomic E-state index is 0.0393. The van der Waals surface area contributed by atoms with E-state index in [1.165, 1.54) is 6.20 Å².